The first kappa shape index (κ1) is 30.9. The number of carboxylic acids is 2. The summed E-state index contributed by atoms with van der Waals surface area (Å²) in [6.45, 7) is 2.26. The average molecular weight is 455 g/mol. The fourth-order valence-corrected chi connectivity index (χ4v) is 4.53. The Hall–Kier alpha value is -1.06. The summed E-state index contributed by atoms with van der Waals surface area (Å²) in [5.74, 6) is -1.41. The van der Waals surface area contributed by atoms with Crippen LogP contribution in [0.1, 0.15) is 161 Å². The molecule has 0 bridgehead atoms. The second-order valence-electron chi connectivity index (χ2n) is 9.83. The molecule has 0 aliphatic rings. The number of unbranched alkanes of at least 4 members (excludes halogenated alkanes) is 19. The summed E-state index contributed by atoms with van der Waals surface area (Å²) in [5.41, 5.74) is 0. The molecule has 0 aromatic carbocycles. The molecule has 0 rings (SSSR count). The van der Waals surface area contributed by atoms with Crippen molar-refractivity contribution < 1.29 is 19.8 Å². The van der Waals surface area contributed by atoms with Crippen LogP contribution >= 0.6 is 0 Å². The van der Waals surface area contributed by atoms with Crippen molar-refractivity contribution in [2.75, 3.05) is 0 Å². The minimum Gasteiger partial charge on any atom is -0.481 e. The normalized spacial score (nSPS) is 12.2. The van der Waals surface area contributed by atoms with Gasteiger partial charge in [0.15, 0.2) is 0 Å². The number of carboxylic acid groups (broad SMARTS) is 2. The summed E-state index contributed by atoms with van der Waals surface area (Å²) in [5, 5.41) is 18.1. The first-order valence-electron chi connectivity index (χ1n) is 14.0. The van der Waals surface area contributed by atoms with Crippen molar-refractivity contribution in [1.82, 2.24) is 0 Å². The highest BCUT2D eigenvalue weighted by atomic mass is 16.4. The second kappa shape index (κ2) is 24.6. The number of aliphatic carboxylic acids is 2. The lowest BCUT2D eigenvalue weighted by atomic mass is 9.94. The number of hydrogen-bond donors (Lipinski definition) is 2. The van der Waals surface area contributed by atoms with E-state index in [0.29, 0.717) is 6.42 Å². The smallest absolute Gasteiger partial charge is 0.306 e. The van der Waals surface area contributed by atoms with Crippen LogP contribution in [0.2, 0.25) is 0 Å². The van der Waals surface area contributed by atoms with Crippen LogP contribution in [0.25, 0.3) is 0 Å². The number of hydrogen-bond acceptors (Lipinski definition) is 2. The Labute approximate surface area is 199 Å². The van der Waals surface area contributed by atoms with Gasteiger partial charge in [-0.2, -0.15) is 0 Å². The lowest BCUT2D eigenvalue weighted by Crippen LogP contribution is -2.13. The third-order valence-corrected chi connectivity index (χ3v) is 6.70. The standard InChI is InChI=1S/C28H54O4/c1-2-3-4-5-6-7-11-14-17-20-23-26(28(31)32)24-21-18-15-12-9-8-10-13-16-19-22-25-27(29)30/h26H,2-25H2,1H3,(H,29,30)(H,31,32). The molecule has 0 aromatic heterocycles. The van der Waals surface area contributed by atoms with Gasteiger partial charge >= 0.3 is 11.9 Å². The fourth-order valence-electron chi connectivity index (χ4n) is 4.53. The first-order chi connectivity index (χ1) is 15.6. The van der Waals surface area contributed by atoms with Crippen LogP contribution in [-0.2, 0) is 9.59 Å². The minimum atomic E-state index is -0.682. The first-order valence-corrected chi connectivity index (χ1v) is 14.0. The molecule has 0 aliphatic carbocycles. The van der Waals surface area contributed by atoms with Gasteiger partial charge in [0.05, 0.1) is 5.92 Å². The zero-order valence-corrected chi connectivity index (χ0v) is 21.3. The SMILES string of the molecule is CCCCCCCCCCCCC(CCCCCCCCCCCCCC(=O)O)C(=O)O. The quantitative estimate of drug-likeness (QED) is 0.128. The molecule has 0 fully saturated rings. The molecule has 0 saturated heterocycles. The van der Waals surface area contributed by atoms with E-state index in [2.05, 4.69) is 6.92 Å². The molecule has 2 N–H and O–H groups in total. The van der Waals surface area contributed by atoms with Crippen LogP contribution in [-0.4, -0.2) is 22.2 Å². The van der Waals surface area contributed by atoms with Gasteiger partial charge in [-0.05, 0) is 19.3 Å². The maximum Gasteiger partial charge on any atom is 0.306 e. The molecule has 0 heterocycles. The van der Waals surface area contributed by atoms with Gasteiger partial charge in [0.2, 0.25) is 0 Å². The van der Waals surface area contributed by atoms with E-state index in [4.69, 9.17) is 5.11 Å². The van der Waals surface area contributed by atoms with Crippen molar-refractivity contribution in [2.45, 2.75) is 161 Å². The van der Waals surface area contributed by atoms with Gasteiger partial charge in [0.25, 0.3) is 0 Å². The molecule has 1 unspecified atom stereocenters. The Morgan fingerprint density at radius 2 is 0.812 bits per heavy atom. The Bertz CT molecular complexity index is 422. The minimum absolute atomic E-state index is 0.134. The highest BCUT2D eigenvalue weighted by Crippen LogP contribution is 2.20. The van der Waals surface area contributed by atoms with Crippen LogP contribution in [0.4, 0.5) is 0 Å². The zero-order chi connectivity index (χ0) is 23.7. The van der Waals surface area contributed by atoms with Crippen molar-refractivity contribution in [3.63, 3.8) is 0 Å². The predicted molar refractivity (Wildman–Crippen MR) is 135 cm³/mol. The van der Waals surface area contributed by atoms with Crippen LogP contribution in [0.15, 0.2) is 0 Å². The topological polar surface area (TPSA) is 74.6 Å². The van der Waals surface area contributed by atoms with E-state index in [-0.39, 0.29) is 5.92 Å². The molecule has 190 valence electrons. The molecule has 1 atom stereocenters. The lowest BCUT2D eigenvalue weighted by molar-refractivity contribution is -0.142. The van der Waals surface area contributed by atoms with Gasteiger partial charge in [0.1, 0.15) is 0 Å². The monoisotopic (exact) mass is 454 g/mol. The summed E-state index contributed by atoms with van der Waals surface area (Å²) in [6.07, 6.45) is 27.8. The third kappa shape index (κ3) is 23.6. The number of carbonyl (C=O) groups is 2. The highest BCUT2D eigenvalue weighted by Gasteiger charge is 2.16. The van der Waals surface area contributed by atoms with E-state index < -0.39 is 11.9 Å². The van der Waals surface area contributed by atoms with Crippen molar-refractivity contribution >= 4 is 11.9 Å². The molecule has 0 aromatic rings. The molecular formula is C28H54O4. The Morgan fingerprint density at radius 3 is 1.12 bits per heavy atom. The summed E-state index contributed by atoms with van der Waals surface area (Å²) >= 11 is 0. The fraction of sp³-hybridized carbons (Fsp3) is 0.929. The molecule has 0 spiro atoms. The average Bonchev–Trinajstić information content (AvgIpc) is 2.76. The van der Waals surface area contributed by atoms with Crippen molar-refractivity contribution in [3.8, 4) is 0 Å². The maximum atomic E-state index is 11.5. The summed E-state index contributed by atoms with van der Waals surface area (Å²) in [6, 6.07) is 0. The van der Waals surface area contributed by atoms with E-state index >= 15 is 0 Å². The van der Waals surface area contributed by atoms with Crippen LogP contribution < -0.4 is 0 Å². The molecule has 0 radical (unpaired) electrons. The van der Waals surface area contributed by atoms with Gasteiger partial charge in [-0.25, -0.2) is 0 Å². The van der Waals surface area contributed by atoms with Crippen LogP contribution in [0.3, 0.4) is 0 Å². The summed E-state index contributed by atoms with van der Waals surface area (Å²) < 4.78 is 0. The van der Waals surface area contributed by atoms with Crippen LogP contribution in [0, 0.1) is 5.92 Å². The number of rotatable bonds is 26. The van der Waals surface area contributed by atoms with E-state index in [1.165, 1.54) is 96.3 Å². The van der Waals surface area contributed by atoms with Crippen LogP contribution in [0.5, 0.6) is 0 Å². The molecule has 0 saturated carbocycles. The molecule has 32 heavy (non-hydrogen) atoms. The van der Waals surface area contributed by atoms with E-state index in [0.717, 1.165) is 51.4 Å². The molecule has 0 amide bonds. The van der Waals surface area contributed by atoms with E-state index in [9.17, 15) is 14.7 Å². The van der Waals surface area contributed by atoms with Gasteiger partial charge in [-0.1, -0.05) is 135 Å². The van der Waals surface area contributed by atoms with Gasteiger partial charge in [-0.15, -0.1) is 0 Å². The van der Waals surface area contributed by atoms with Crippen molar-refractivity contribution in [1.29, 1.82) is 0 Å². The van der Waals surface area contributed by atoms with Gasteiger partial charge in [-0.3, -0.25) is 9.59 Å². The highest BCUT2D eigenvalue weighted by molar-refractivity contribution is 5.69. The Balaban J connectivity index is 3.43. The van der Waals surface area contributed by atoms with E-state index in [1.807, 2.05) is 0 Å². The Kier molecular flexibility index (Phi) is 23.8. The lowest BCUT2D eigenvalue weighted by Gasteiger charge is -2.12. The summed E-state index contributed by atoms with van der Waals surface area (Å²) in [7, 11) is 0. The second-order valence-corrected chi connectivity index (χ2v) is 9.83. The molecule has 0 aliphatic heterocycles. The predicted octanol–water partition coefficient (Wildman–Crippen LogP) is 9.15. The Morgan fingerprint density at radius 1 is 0.500 bits per heavy atom. The summed E-state index contributed by atoms with van der Waals surface area (Å²) in [4.78, 5) is 22.0. The van der Waals surface area contributed by atoms with Crippen molar-refractivity contribution in [3.05, 3.63) is 0 Å². The van der Waals surface area contributed by atoms with Crippen molar-refractivity contribution in [2.24, 2.45) is 5.92 Å². The largest absolute Gasteiger partial charge is 0.481 e. The maximum absolute atomic E-state index is 11.5. The van der Waals surface area contributed by atoms with Gasteiger partial charge < -0.3 is 10.2 Å². The molecule has 4 nitrogen and oxygen atoms in total. The zero-order valence-electron chi connectivity index (χ0n) is 21.3. The van der Waals surface area contributed by atoms with E-state index in [1.54, 1.807) is 0 Å². The van der Waals surface area contributed by atoms with Gasteiger partial charge in [0, 0.05) is 6.42 Å². The third-order valence-electron chi connectivity index (χ3n) is 6.70. The molecule has 4 heteroatoms. The molecular weight excluding hydrogens is 400 g/mol.